The van der Waals surface area contributed by atoms with Crippen molar-refractivity contribution in [2.24, 2.45) is 4.99 Å². The first-order valence-corrected chi connectivity index (χ1v) is 7.87. The lowest BCUT2D eigenvalue weighted by molar-refractivity contribution is 0.173. The highest BCUT2D eigenvalue weighted by Crippen LogP contribution is 2.34. The van der Waals surface area contributed by atoms with Gasteiger partial charge in [-0.15, -0.1) is 0 Å². The van der Waals surface area contributed by atoms with Gasteiger partial charge >= 0.3 is 0 Å². The minimum atomic E-state index is 0.270. The molecule has 0 aliphatic carbocycles. The number of methoxy groups -OCH3 is 1. The lowest BCUT2D eigenvalue weighted by atomic mass is 10.3. The van der Waals surface area contributed by atoms with Crippen molar-refractivity contribution in [2.45, 2.75) is 13.3 Å². The van der Waals surface area contributed by atoms with Gasteiger partial charge in [0.1, 0.15) is 12.4 Å². The van der Waals surface area contributed by atoms with Crippen molar-refractivity contribution in [3.63, 3.8) is 0 Å². The van der Waals surface area contributed by atoms with Crippen LogP contribution in [-0.2, 0) is 4.74 Å². The zero-order valence-corrected chi connectivity index (χ0v) is 13.8. The second kappa shape index (κ2) is 9.78. The molecule has 128 valence electrons. The van der Waals surface area contributed by atoms with Crippen LogP contribution in [0.15, 0.2) is 23.2 Å². The topological polar surface area (TPSA) is 73.3 Å². The zero-order chi connectivity index (χ0) is 16.3. The molecule has 0 bridgehead atoms. The van der Waals surface area contributed by atoms with Gasteiger partial charge in [-0.1, -0.05) is 0 Å². The van der Waals surface area contributed by atoms with Gasteiger partial charge in [-0.05, 0) is 25.5 Å². The summed E-state index contributed by atoms with van der Waals surface area (Å²) in [6, 6.07) is 5.57. The molecule has 2 N–H and O–H groups in total. The minimum Gasteiger partial charge on any atom is -0.492 e. The average Bonchev–Trinajstić information content (AvgIpc) is 3.03. The van der Waals surface area contributed by atoms with Crippen molar-refractivity contribution in [1.82, 2.24) is 10.6 Å². The minimum absolute atomic E-state index is 0.270. The van der Waals surface area contributed by atoms with Crippen molar-refractivity contribution in [1.29, 1.82) is 0 Å². The average molecular weight is 323 g/mol. The molecular weight excluding hydrogens is 298 g/mol. The van der Waals surface area contributed by atoms with Gasteiger partial charge in [-0.3, -0.25) is 4.99 Å². The zero-order valence-electron chi connectivity index (χ0n) is 13.8. The molecule has 0 saturated carbocycles. The number of ether oxygens (including phenoxy) is 4. The molecule has 1 aromatic carbocycles. The molecule has 0 amide bonds. The maximum atomic E-state index is 5.70. The van der Waals surface area contributed by atoms with Crippen molar-refractivity contribution in [2.75, 3.05) is 46.8 Å². The van der Waals surface area contributed by atoms with Gasteiger partial charge in [-0.25, -0.2) is 0 Å². The molecule has 0 spiro atoms. The predicted molar refractivity (Wildman–Crippen MR) is 88.5 cm³/mol. The van der Waals surface area contributed by atoms with Crippen molar-refractivity contribution in [3.05, 3.63) is 18.2 Å². The first-order chi connectivity index (χ1) is 11.3. The Bertz CT molecular complexity index is 508. The van der Waals surface area contributed by atoms with E-state index < -0.39 is 0 Å². The largest absolute Gasteiger partial charge is 0.492 e. The fraction of sp³-hybridized carbons (Fsp3) is 0.562. The van der Waals surface area contributed by atoms with Gasteiger partial charge in [0.2, 0.25) is 6.79 Å². The predicted octanol–water partition coefficient (Wildman–Crippen LogP) is 1.39. The fourth-order valence-corrected chi connectivity index (χ4v) is 2.05. The Morgan fingerprint density at radius 2 is 2.09 bits per heavy atom. The number of nitrogens with one attached hydrogen (secondary N) is 2. The fourth-order valence-electron chi connectivity index (χ4n) is 2.05. The molecule has 7 heteroatoms. The van der Waals surface area contributed by atoms with Crippen molar-refractivity contribution in [3.8, 4) is 17.2 Å². The third-order valence-corrected chi connectivity index (χ3v) is 3.13. The number of benzene rings is 1. The molecule has 0 fully saturated rings. The lowest BCUT2D eigenvalue weighted by Gasteiger charge is -2.12. The summed E-state index contributed by atoms with van der Waals surface area (Å²) in [6.07, 6.45) is 0.904. The summed E-state index contributed by atoms with van der Waals surface area (Å²) in [5.41, 5.74) is 0. The van der Waals surface area contributed by atoms with E-state index in [2.05, 4.69) is 15.6 Å². The van der Waals surface area contributed by atoms with E-state index in [0.717, 1.165) is 49.3 Å². The third-order valence-electron chi connectivity index (χ3n) is 3.13. The van der Waals surface area contributed by atoms with Crippen molar-refractivity contribution < 1.29 is 18.9 Å². The molecular formula is C16H25N3O4. The Hall–Kier alpha value is -2.15. The number of aliphatic imine (C=N–C) groups is 1. The number of rotatable bonds is 9. The maximum Gasteiger partial charge on any atom is 0.231 e. The summed E-state index contributed by atoms with van der Waals surface area (Å²) >= 11 is 0. The first kappa shape index (κ1) is 17.2. The van der Waals surface area contributed by atoms with Gasteiger partial charge in [0.15, 0.2) is 17.5 Å². The summed E-state index contributed by atoms with van der Waals surface area (Å²) in [4.78, 5) is 4.47. The molecule has 1 aliphatic rings. The number of hydrogen-bond acceptors (Lipinski definition) is 5. The molecule has 2 rings (SSSR count). The highest BCUT2D eigenvalue weighted by Gasteiger charge is 2.13. The molecule has 0 atom stereocenters. The molecule has 1 heterocycles. The standard InChI is InChI=1S/C16H25N3O4/c1-3-17-16(18-7-4-9-20-2)19-8-10-21-13-5-6-14-15(11-13)23-12-22-14/h5-6,11H,3-4,7-10,12H2,1-2H3,(H2,17,18,19). The van der Waals surface area contributed by atoms with Crippen LogP contribution in [-0.4, -0.2) is 52.7 Å². The summed E-state index contributed by atoms with van der Waals surface area (Å²) in [6.45, 7) is 5.76. The summed E-state index contributed by atoms with van der Waals surface area (Å²) in [5.74, 6) is 3.03. The summed E-state index contributed by atoms with van der Waals surface area (Å²) in [7, 11) is 1.70. The van der Waals surface area contributed by atoms with Crippen LogP contribution < -0.4 is 24.8 Å². The van der Waals surface area contributed by atoms with E-state index in [1.54, 1.807) is 7.11 Å². The van der Waals surface area contributed by atoms with Gasteiger partial charge in [0.25, 0.3) is 0 Å². The summed E-state index contributed by atoms with van der Waals surface area (Å²) in [5, 5.41) is 6.44. The second-order valence-electron chi connectivity index (χ2n) is 4.90. The van der Waals surface area contributed by atoms with Crippen LogP contribution >= 0.6 is 0 Å². The van der Waals surface area contributed by atoms with Crippen LogP contribution in [0.3, 0.4) is 0 Å². The van der Waals surface area contributed by atoms with Crippen molar-refractivity contribution >= 4 is 5.96 Å². The molecule has 7 nitrogen and oxygen atoms in total. The van der Waals surface area contributed by atoms with Gasteiger partial charge in [-0.2, -0.15) is 0 Å². The third kappa shape index (κ3) is 5.86. The Morgan fingerprint density at radius 1 is 1.22 bits per heavy atom. The van der Waals surface area contributed by atoms with Gasteiger partial charge in [0.05, 0.1) is 6.54 Å². The smallest absolute Gasteiger partial charge is 0.231 e. The highest BCUT2D eigenvalue weighted by molar-refractivity contribution is 5.79. The van der Waals surface area contributed by atoms with Crippen LogP contribution in [0, 0.1) is 0 Å². The van der Waals surface area contributed by atoms with E-state index in [1.165, 1.54) is 0 Å². The molecule has 1 aromatic rings. The highest BCUT2D eigenvalue weighted by atomic mass is 16.7. The number of guanidine groups is 1. The molecule has 0 unspecified atom stereocenters. The molecule has 0 saturated heterocycles. The Balaban J connectivity index is 1.69. The number of hydrogen-bond donors (Lipinski definition) is 2. The first-order valence-electron chi connectivity index (χ1n) is 7.87. The Morgan fingerprint density at radius 3 is 2.91 bits per heavy atom. The molecule has 0 radical (unpaired) electrons. The normalized spacial score (nSPS) is 13.0. The van der Waals surface area contributed by atoms with E-state index >= 15 is 0 Å². The van der Waals surface area contributed by atoms with Crippen LogP contribution in [0.2, 0.25) is 0 Å². The van der Waals surface area contributed by atoms with Gasteiger partial charge < -0.3 is 29.6 Å². The van der Waals surface area contributed by atoms with E-state index in [4.69, 9.17) is 18.9 Å². The van der Waals surface area contributed by atoms with E-state index in [9.17, 15) is 0 Å². The Kier molecular flexibility index (Phi) is 7.32. The molecule has 23 heavy (non-hydrogen) atoms. The Labute approximate surface area is 137 Å². The van der Waals surface area contributed by atoms with Crippen LogP contribution in [0.4, 0.5) is 0 Å². The summed E-state index contributed by atoms with van der Waals surface area (Å²) < 4.78 is 21.3. The monoisotopic (exact) mass is 323 g/mol. The lowest BCUT2D eigenvalue weighted by Crippen LogP contribution is -2.39. The SMILES string of the molecule is CCNC(=NCCCOC)NCCOc1ccc2c(c1)OCO2. The van der Waals surface area contributed by atoms with Crippen LogP contribution in [0.5, 0.6) is 17.2 Å². The number of fused-ring (bicyclic) bond motifs is 1. The van der Waals surface area contributed by atoms with E-state index in [-0.39, 0.29) is 6.79 Å². The maximum absolute atomic E-state index is 5.70. The van der Waals surface area contributed by atoms with Crippen LogP contribution in [0.25, 0.3) is 0 Å². The molecule has 1 aliphatic heterocycles. The van der Waals surface area contributed by atoms with Crippen LogP contribution in [0.1, 0.15) is 13.3 Å². The quantitative estimate of drug-likeness (QED) is 0.406. The van der Waals surface area contributed by atoms with E-state index in [1.807, 2.05) is 25.1 Å². The number of nitrogens with zero attached hydrogens (tertiary/aromatic N) is 1. The molecule has 0 aromatic heterocycles. The second-order valence-corrected chi connectivity index (χ2v) is 4.90. The van der Waals surface area contributed by atoms with Gasteiger partial charge in [0, 0.05) is 32.9 Å². The van der Waals surface area contributed by atoms with E-state index in [0.29, 0.717) is 13.2 Å².